The lowest BCUT2D eigenvalue weighted by Crippen LogP contribution is -2.10. The number of rotatable bonds is 0. The van der Waals surface area contributed by atoms with Gasteiger partial charge in [-0.3, -0.25) is 0 Å². The van der Waals surface area contributed by atoms with Crippen LogP contribution in [-0.2, 0) is 10.8 Å². The van der Waals surface area contributed by atoms with Gasteiger partial charge in [-0.1, -0.05) is 102 Å². The number of hydrogen-bond acceptors (Lipinski definition) is 6. The monoisotopic (exact) mass is 1420 g/mol. The number of carbonyl (C=O) groups is 6. The van der Waals surface area contributed by atoms with Crippen molar-refractivity contribution in [2.24, 2.45) is 0 Å². The molecule has 0 aliphatic heterocycles. The molecule has 0 unspecified atom stereocenters. The molecule has 2 aromatic rings. The summed E-state index contributed by atoms with van der Waals surface area (Å²) >= 11 is 0. The molecule has 2 rings (SSSR count). The lowest BCUT2D eigenvalue weighted by Gasteiger charge is -2.18. The summed E-state index contributed by atoms with van der Waals surface area (Å²) in [6.45, 7) is 13.3. The Morgan fingerprint density at radius 3 is 0.520 bits per heavy atom. The Hall–Kier alpha value is -0.780. The molecular weight excluding hydrogens is 1380 g/mol. The van der Waals surface area contributed by atoms with Crippen LogP contribution in [0.2, 0.25) is 0 Å². The van der Waals surface area contributed by atoms with E-state index in [1.807, 2.05) is 0 Å². The van der Waals surface area contributed by atoms with Crippen LogP contribution in [0.4, 0.5) is 55.1 Å². The molecule has 0 spiro atoms. The summed E-state index contributed by atoms with van der Waals surface area (Å²) in [7, 11) is 0. The average Bonchev–Trinajstić information content (AvgIpc) is 2.77. The van der Waals surface area contributed by atoms with Crippen molar-refractivity contribution in [2.45, 2.75) is 52.4 Å². The van der Waals surface area contributed by atoms with E-state index >= 15 is 0 Å². The van der Waals surface area contributed by atoms with Crippen molar-refractivity contribution >= 4 is 181 Å². The summed E-state index contributed by atoms with van der Waals surface area (Å²) < 4.78 is 59.5. The molecule has 0 atom stereocenters. The quantitative estimate of drug-likeness (QED) is 0.0823. The maximum absolute atomic E-state index is 9.92. The molecule has 0 saturated heterocycles. The summed E-state index contributed by atoms with van der Waals surface area (Å²) in [6.07, 6.45) is -14.0. The highest BCUT2D eigenvalue weighted by atomic mass is 127. The zero-order valence-corrected chi connectivity index (χ0v) is 40.6. The van der Waals surface area contributed by atoms with Gasteiger partial charge in [0.2, 0.25) is 0 Å². The van der Waals surface area contributed by atoms with E-state index in [0.717, 1.165) is 0 Å². The van der Waals surface area contributed by atoms with Gasteiger partial charge in [-0.2, -0.15) is 0 Å². The van der Waals surface area contributed by atoms with E-state index in [-0.39, 0.29) is 144 Å². The fraction of sp³-hybridized carbons (Fsp3) is 0.308. The zero-order chi connectivity index (χ0) is 36.7. The van der Waals surface area contributed by atoms with Crippen molar-refractivity contribution < 1.29 is 85.7 Å². The number of halogens is 12. The van der Waals surface area contributed by atoms with E-state index in [9.17, 15) is 26.3 Å². The van der Waals surface area contributed by atoms with Crippen molar-refractivity contribution in [1.82, 2.24) is 0 Å². The largest absolute Gasteiger partial charge is 0.492 e. The van der Waals surface area contributed by atoms with Crippen LogP contribution in [0.5, 0.6) is 0 Å². The van der Waals surface area contributed by atoms with Gasteiger partial charge in [0.1, 0.15) is 0 Å². The van der Waals surface area contributed by atoms with Crippen LogP contribution in [0.3, 0.4) is 0 Å². The second kappa shape index (κ2) is 52.6. The van der Waals surface area contributed by atoms with Gasteiger partial charge in [-0.25, -0.2) is 28.8 Å². The second-order valence-electron chi connectivity index (χ2n) is 8.75. The van der Waals surface area contributed by atoms with E-state index in [2.05, 4.69) is 102 Å². The molecule has 0 saturated carbocycles. The third kappa shape index (κ3) is 136. The SMILES string of the molecule is CC(C)(C)c1ccccc1.CC(C)(C)c1ccccc1.I.I.I.I.I.I.O=C(O)F.O=C(O)F.O=C(O)F.O=C(O)F.O=C(O)F.O=C(O)F. The van der Waals surface area contributed by atoms with Crippen LogP contribution < -0.4 is 0 Å². The highest BCUT2D eigenvalue weighted by molar-refractivity contribution is 14.0. The van der Waals surface area contributed by atoms with Crippen molar-refractivity contribution in [3.05, 3.63) is 71.8 Å². The Morgan fingerprint density at radius 1 is 0.360 bits per heavy atom. The van der Waals surface area contributed by atoms with Crippen molar-refractivity contribution in [2.75, 3.05) is 0 Å². The Kier molecular flexibility index (Phi) is 86.9. The normalized spacial score (nSPS) is 7.60. The molecule has 0 aliphatic rings. The third-order valence-electron chi connectivity index (χ3n) is 3.28. The molecule has 24 heteroatoms. The van der Waals surface area contributed by atoms with Crippen molar-refractivity contribution in [3.63, 3.8) is 0 Å². The van der Waals surface area contributed by atoms with E-state index in [4.69, 9.17) is 59.4 Å². The molecule has 0 radical (unpaired) electrons. The lowest BCUT2D eigenvalue weighted by molar-refractivity contribution is 0.167. The standard InChI is InChI=1S/2C10H14.6CHFO2.6HI/c2*1-10(2,3)9-7-5-4-6-8-9;6*2-1(3)4;;;;;;/h2*4-8H,1-3H3;6*(H,3,4);6*1H. The Morgan fingerprint density at radius 2 is 0.460 bits per heavy atom. The Labute approximate surface area is 386 Å². The molecule has 0 amide bonds. The molecular formula is C26H40F6I6O12. The first-order valence-electron chi connectivity index (χ1n) is 11.0. The molecule has 12 nitrogen and oxygen atoms in total. The predicted octanol–water partition coefficient (Wildman–Crippen LogP) is 13.5. The van der Waals surface area contributed by atoms with Gasteiger partial charge < -0.3 is 30.6 Å². The summed E-state index contributed by atoms with van der Waals surface area (Å²) in [5.74, 6) is 0. The maximum Gasteiger partial charge on any atom is 0.492 e. The minimum absolute atomic E-state index is 0. The fourth-order valence-electron chi connectivity index (χ4n) is 1.88. The van der Waals surface area contributed by atoms with Gasteiger partial charge in [0.05, 0.1) is 0 Å². The summed E-state index contributed by atoms with van der Waals surface area (Å²) in [6, 6.07) is 21.1. The van der Waals surface area contributed by atoms with E-state index in [1.54, 1.807) is 0 Å². The summed E-state index contributed by atoms with van der Waals surface area (Å²) in [5.41, 5.74) is 3.38. The predicted molar refractivity (Wildman–Crippen MR) is 238 cm³/mol. The van der Waals surface area contributed by atoms with Crippen molar-refractivity contribution in [3.8, 4) is 0 Å². The lowest BCUT2D eigenvalue weighted by atomic mass is 9.87. The molecule has 300 valence electrons. The highest BCUT2D eigenvalue weighted by Crippen LogP contribution is 2.21. The molecule has 0 bridgehead atoms. The van der Waals surface area contributed by atoms with Crippen molar-refractivity contribution in [1.29, 1.82) is 0 Å². The summed E-state index contributed by atoms with van der Waals surface area (Å²) in [5, 5.41) is 40.5. The minimum Gasteiger partial charge on any atom is -0.456 e. The van der Waals surface area contributed by atoms with Gasteiger partial charge in [-0.15, -0.1) is 170 Å². The van der Waals surface area contributed by atoms with Crippen LogP contribution in [0, 0.1) is 0 Å². The first-order valence-corrected chi connectivity index (χ1v) is 11.0. The smallest absolute Gasteiger partial charge is 0.456 e. The van der Waals surface area contributed by atoms with Crippen LogP contribution in [-0.4, -0.2) is 68.0 Å². The topological polar surface area (TPSA) is 224 Å². The molecule has 0 aromatic heterocycles. The highest BCUT2D eigenvalue weighted by Gasteiger charge is 2.12. The second-order valence-corrected chi connectivity index (χ2v) is 8.75. The van der Waals surface area contributed by atoms with E-state index in [0.29, 0.717) is 10.8 Å². The molecule has 0 heterocycles. The molecule has 50 heavy (non-hydrogen) atoms. The van der Waals surface area contributed by atoms with Crippen LogP contribution in [0.25, 0.3) is 0 Å². The number of carboxylic acid groups (broad SMARTS) is 6. The van der Waals surface area contributed by atoms with E-state index < -0.39 is 37.3 Å². The number of hydrogen-bond donors (Lipinski definition) is 6. The molecule has 0 fully saturated rings. The van der Waals surface area contributed by atoms with Gasteiger partial charge in [-0.05, 0) is 22.0 Å². The maximum atomic E-state index is 9.92. The van der Waals surface area contributed by atoms with Gasteiger partial charge in [0, 0.05) is 0 Å². The Balaban J connectivity index is -0.0000000339. The van der Waals surface area contributed by atoms with Crippen LogP contribution >= 0.6 is 144 Å². The van der Waals surface area contributed by atoms with E-state index in [1.165, 1.54) is 11.1 Å². The first-order chi connectivity index (χ1) is 19.6. The molecule has 2 aromatic carbocycles. The Bertz CT molecular complexity index is 917. The molecule has 6 N–H and O–H groups in total. The average molecular weight is 1420 g/mol. The first kappa shape index (κ1) is 82.6. The van der Waals surface area contributed by atoms with Crippen LogP contribution in [0.1, 0.15) is 52.7 Å². The van der Waals surface area contributed by atoms with Gasteiger partial charge >= 0.3 is 37.3 Å². The number of benzene rings is 2. The zero-order valence-electron chi connectivity index (χ0n) is 26.6. The van der Waals surface area contributed by atoms with Gasteiger partial charge in [0.15, 0.2) is 0 Å². The fourth-order valence-corrected chi connectivity index (χ4v) is 1.88. The van der Waals surface area contributed by atoms with Crippen LogP contribution in [0.15, 0.2) is 60.7 Å². The summed E-state index contributed by atoms with van der Waals surface area (Å²) in [4.78, 5) is 50.0. The minimum atomic E-state index is -2.33. The van der Waals surface area contributed by atoms with Gasteiger partial charge in [0.25, 0.3) is 0 Å². The third-order valence-corrected chi connectivity index (χ3v) is 3.28. The molecule has 0 aliphatic carbocycles.